The van der Waals surface area contributed by atoms with Crippen LogP contribution in [0.4, 0.5) is 23.2 Å². The third-order valence-corrected chi connectivity index (χ3v) is 6.40. The second-order valence-corrected chi connectivity index (χ2v) is 11.7. The van der Waals surface area contributed by atoms with E-state index in [0.717, 1.165) is 17.7 Å². The van der Waals surface area contributed by atoms with Crippen LogP contribution in [-0.2, 0) is 28.5 Å². The van der Waals surface area contributed by atoms with Crippen LogP contribution in [0.25, 0.3) is 17.1 Å². The minimum absolute atomic E-state index is 0.129. The SMILES string of the molecule is CC(C)(C)OC(=O)C(C)(C)Oc1ccc(CCCc2nc(-c3ccc(C(F)(F)F)cc3)nn2-c2ccc(N)cc2F)cc1. The number of benzene rings is 3. The largest absolute Gasteiger partial charge is 0.476 e. The number of carbonyl (C=O) groups excluding carboxylic acids is 1. The van der Waals surface area contributed by atoms with Gasteiger partial charge in [0.25, 0.3) is 0 Å². The number of anilines is 1. The van der Waals surface area contributed by atoms with Gasteiger partial charge in [0.05, 0.1) is 5.56 Å². The van der Waals surface area contributed by atoms with Crippen LogP contribution in [0.5, 0.6) is 5.75 Å². The Morgan fingerprint density at radius 3 is 2.14 bits per heavy atom. The number of ether oxygens (including phenoxy) is 2. The van der Waals surface area contributed by atoms with Crippen molar-refractivity contribution in [2.45, 2.75) is 71.3 Å². The van der Waals surface area contributed by atoms with Crippen LogP contribution in [0.1, 0.15) is 58.0 Å². The number of aromatic nitrogens is 3. The van der Waals surface area contributed by atoms with Gasteiger partial charge >= 0.3 is 12.1 Å². The van der Waals surface area contributed by atoms with Crippen LogP contribution in [0.3, 0.4) is 0 Å². The predicted octanol–water partition coefficient (Wildman–Crippen LogP) is 7.35. The second-order valence-electron chi connectivity index (χ2n) is 11.7. The fourth-order valence-corrected chi connectivity index (χ4v) is 4.24. The van der Waals surface area contributed by atoms with Gasteiger partial charge in [0.15, 0.2) is 17.2 Å². The van der Waals surface area contributed by atoms with Crippen LogP contribution in [0, 0.1) is 5.82 Å². The number of aryl methyl sites for hydroxylation is 2. The van der Waals surface area contributed by atoms with Crippen LogP contribution in [0.15, 0.2) is 66.7 Å². The molecule has 0 aliphatic heterocycles. The first-order valence-corrected chi connectivity index (χ1v) is 13.7. The molecule has 11 heteroatoms. The summed E-state index contributed by atoms with van der Waals surface area (Å²) in [6.45, 7) is 8.67. The molecule has 0 aliphatic carbocycles. The Bertz CT molecular complexity index is 1570. The molecule has 0 radical (unpaired) electrons. The zero-order chi connectivity index (χ0) is 31.6. The Labute approximate surface area is 247 Å². The van der Waals surface area contributed by atoms with Gasteiger partial charge in [-0.15, -0.1) is 5.10 Å². The molecule has 0 aliphatic rings. The molecule has 4 aromatic rings. The number of carbonyl (C=O) groups is 1. The van der Waals surface area contributed by atoms with E-state index in [1.165, 1.54) is 35.0 Å². The highest BCUT2D eigenvalue weighted by Gasteiger charge is 2.35. The highest BCUT2D eigenvalue weighted by atomic mass is 19.4. The van der Waals surface area contributed by atoms with Crippen molar-refractivity contribution in [3.8, 4) is 22.8 Å². The van der Waals surface area contributed by atoms with Crippen molar-refractivity contribution in [1.82, 2.24) is 14.8 Å². The molecule has 0 bridgehead atoms. The molecule has 1 heterocycles. The predicted molar refractivity (Wildman–Crippen MR) is 155 cm³/mol. The van der Waals surface area contributed by atoms with Gasteiger partial charge in [-0.05, 0) is 95.5 Å². The van der Waals surface area contributed by atoms with Gasteiger partial charge in [0, 0.05) is 17.7 Å². The summed E-state index contributed by atoms with van der Waals surface area (Å²) in [6.07, 6.45) is -2.81. The van der Waals surface area contributed by atoms with E-state index in [0.29, 0.717) is 36.4 Å². The van der Waals surface area contributed by atoms with Crippen molar-refractivity contribution in [3.63, 3.8) is 0 Å². The number of nitrogens with two attached hydrogens (primary N) is 1. The fraction of sp³-hybridized carbons (Fsp3) is 0.344. The first-order chi connectivity index (χ1) is 20.0. The smallest absolute Gasteiger partial charge is 0.416 e. The minimum atomic E-state index is -4.47. The second kappa shape index (κ2) is 12.1. The lowest BCUT2D eigenvalue weighted by Crippen LogP contribution is -2.43. The van der Waals surface area contributed by atoms with E-state index in [4.69, 9.17) is 15.2 Å². The number of alkyl halides is 3. The molecule has 2 N–H and O–H groups in total. The molecule has 7 nitrogen and oxygen atoms in total. The van der Waals surface area contributed by atoms with Crippen LogP contribution < -0.4 is 10.5 Å². The molecule has 43 heavy (non-hydrogen) atoms. The van der Waals surface area contributed by atoms with E-state index >= 15 is 0 Å². The van der Waals surface area contributed by atoms with Gasteiger partial charge in [-0.25, -0.2) is 18.9 Å². The van der Waals surface area contributed by atoms with Crippen molar-refractivity contribution in [1.29, 1.82) is 0 Å². The lowest BCUT2D eigenvalue weighted by atomic mass is 10.1. The zero-order valence-corrected chi connectivity index (χ0v) is 24.6. The molecule has 0 saturated heterocycles. The number of rotatable bonds is 9. The van der Waals surface area contributed by atoms with Gasteiger partial charge in [0.2, 0.25) is 0 Å². The van der Waals surface area contributed by atoms with Crippen LogP contribution in [-0.4, -0.2) is 31.9 Å². The standard InChI is InChI=1S/C32H34F4N4O3/c1-30(2,3)43-29(41)31(4,5)42-24-16-9-20(10-17-24)7-6-8-27-38-28(21-11-13-22(14-12-21)32(34,35)36)39-40(27)26-18-15-23(37)19-25(26)33/h9-19H,6-8,37H2,1-5H3. The average molecular weight is 599 g/mol. The van der Waals surface area contributed by atoms with E-state index in [2.05, 4.69) is 10.1 Å². The van der Waals surface area contributed by atoms with Gasteiger partial charge in [-0.1, -0.05) is 24.3 Å². The third-order valence-electron chi connectivity index (χ3n) is 6.40. The third kappa shape index (κ3) is 8.12. The van der Waals surface area contributed by atoms with Gasteiger partial charge in [-0.2, -0.15) is 13.2 Å². The first kappa shape index (κ1) is 31.5. The molecule has 0 saturated carbocycles. The summed E-state index contributed by atoms with van der Waals surface area (Å²) in [5.74, 6) is 0.0578. The summed E-state index contributed by atoms with van der Waals surface area (Å²) < 4.78 is 66.7. The molecule has 4 rings (SSSR count). The molecule has 228 valence electrons. The monoisotopic (exact) mass is 598 g/mol. The molecule has 1 aromatic heterocycles. The van der Waals surface area contributed by atoms with E-state index in [1.54, 1.807) is 46.8 Å². The molecule has 0 unspecified atom stereocenters. The van der Waals surface area contributed by atoms with Crippen molar-refractivity contribution >= 4 is 11.7 Å². The normalized spacial score (nSPS) is 12.3. The van der Waals surface area contributed by atoms with Crippen molar-refractivity contribution in [2.24, 2.45) is 0 Å². The van der Waals surface area contributed by atoms with Crippen molar-refractivity contribution < 1.29 is 31.8 Å². The molecule has 0 spiro atoms. The minimum Gasteiger partial charge on any atom is -0.476 e. The number of hydrogen-bond acceptors (Lipinski definition) is 6. The molecule has 0 atom stereocenters. The maximum Gasteiger partial charge on any atom is 0.416 e. The number of esters is 1. The highest BCUT2D eigenvalue weighted by Crippen LogP contribution is 2.31. The average Bonchev–Trinajstić information content (AvgIpc) is 3.32. The number of halogens is 4. The summed E-state index contributed by atoms with van der Waals surface area (Å²) in [4.78, 5) is 17.1. The molecule has 3 aromatic carbocycles. The Morgan fingerprint density at radius 1 is 0.907 bits per heavy atom. The first-order valence-electron chi connectivity index (χ1n) is 13.7. The maximum atomic E-state index is 14.9. The Balaban J connectivity index is 1.49. The van der Waals surface area contributed by atoms with E-state index in [9.17, 15) is 22.4 Å². The summed E-state index contributed by atoms with van der Waals surface area (Å²) in [7, 11) is 0. The highest BCUT2D eigenvalue weighted by molar-refractivity contribution is 5.79. The summed E-state index contributed by atoms with van der Waals surface area (Å²) in [6, 6.07) is 16.0. The van der Waals surface area contributed by atoms with Crippen molar-refractivity contribution in [3.05, 3.63) is 89.5 Å². The van der Waals surface area contributed by atoms with Gasteiger partial charge in [0.1, 0.15) is 22.9 Å². The van der Waals surface area contributed by atoms with Crippen LogP contribution in [0.2, 0.25) is 0 Å². The lowest BCUT2D eigenvalue weighted by molar-refractivity contribution is -0.170. The van der Waals surface area contributed by atoms with Gasteiger partial charge in [-0.3, -0.25) is 0 Å². The summed E-state index contributed by atoms with van der Waals surface area (Å²) >= 11 is 0. The zero-order valence-electron chi connectivity index (χ0n) is 24.6. The Morgan fingerprint density at radius 2 is 1.56 bits per heavy atom. The van der Waals surface area contributed by atoms with Crippen molar-refractivity contribution in [2.75, 3.05) is 5.73 Å². The van der Waals surface area contributed by atoms with E-state index in [1.807, 2.05) is 12.1 Å². The number of nitrogen functional groups attached to an aromatic ring is 1. The van der Waals surface area contributed by atoms with E-state index < -0.39 is 34.7 Å². The molecular weight excluding hydrogens is 564 g/mol. The summed E-state index contributed by atoms with van der Waals surface area (Å²) in [5, 5.41) is 4.43. The molecule has 0 fully saturated rings. The lowest BCUT2D eigenvalue weighted by Gasteiger charge is -2.29. The Hall–Kier alpha value is -4.41. The molecular formula is C32H34F4N4O3. The van der Waals surface area contributed by atoms with E-state index in [-0.39, 0.29) is 17.2 Å². The number of hydrogen-bond donors (Lipinski definition) is 1. The van der Waals surface area contributed by atoms with Gasteiger partial charge < -0.3 is 15.2 Å². The summed E-state index contributed by atoms with van der Waals surface area (Å²) in [5.41, 5.74) is 4.84. The molecule has 0 amide bonds. The Kier molecular flexibility index (Phi) is 8.84. The fourth-order valence-electron chi connectivity index (χ4n) is 4.24. The van der Waals surface area contributed by atoms with Crippen LogP contribution >= 0.6 is 0 Å². The maximum absolute atomic E-state index is 14.9. The quantitative estimate of drug-likeness (QED) is 0.123. The number of nitrogens with zero attached hydrogens (tertiary/aromatic N) is 3. The topological polar surface area (TPSA) is 92.3 Å².